The minimum Gasteiger partial charge on any atom is -0.355 e. The fraction of sp³-hybridized carbons (Fsp3) is 0.524. The number of nitrogens with one attached hydrogen (secondary N) is 1. The Morgan fingerprint density at radius 3 is 2.64 bits per heavy atom. The van der Waals surface area contributed by atoms with Crippen molar-refractivity contribution in [2.45, 2.75) is 38.6 Å². The average Bonchev–Trinajstić information content (AvgIpc) is 3.18. The number of hydrogen-bond donors (Lipinski definition) is 1. The Labute approximate surface area is 190 Å². The van der Waals surface area contributed by atoms with Crippen LogP contribution in [0.2, 0.25) is 5.02 Å². The standard InChI is InChI=1S/C21H30ClN5.HI/c1-16-9-11-26(13-19(16)27-12-10-24-15-27)20(23-4)25-14-21(2,3)17-5-7-18(22)8-6-17;/h5-8,10,12,15-16,19H,9,11,13-14H2,1-4H3,(H,23,25);1H. The van der Waals surface area contributed by atoms with Crippen LogP contribution in [0.3, 0.4) is 0 Å². The summed E-state index contributed by atoms with van der Waals surface area (Å²) in [5, 5.41) is 4.36. The maximum absolute atomic E-state index is 6.03. The number of imidazole rings is 1. The van der Waals surface area contributed by atoms with Gasteiger partial charge in [-0.05, 0) is 30.0 Å². The average molecular weight is 516 g/mol. The van der Waals surface area contributed by atoms with Crippen molar-refractivity contribution in [2.24, 2.45) is 10.9 Å². The number of aliphatic imine (C=N–C) groups is 1. The van der Waals surface area contributed by atoms with Gasteiger partial charge in [0.15, 0.2) is 5.96 Å². The van der Waals surface area contributed by atoms with E-state index in [9.17, 15) is 0 Å². The van der Waals surface area contributed by atoms with Crippen LogP contribution in [-0.4, -0.2) is 47.1 Å². The molecule has 0 saturated carbocycles. The van der Waals surface area contributed by atoms with E-state index in [1.807, 2.05) is 31.7 Å². The summed E-state index contributed by atoms with van der Waals surface area (Å²) in [5.74, 6) is 1.59. The van der Waals surface area contributed by atoms with E-state index in [-0.39, 0.29) is 29.4 Å². The molecule has 1 aromatic heterocycles. The predicted octanol–water partition coefficient (Wildman–Crippen LogP) is 4.59. The van der Waals surface area contributed by atoms with Gasteiger partial charge in [-0.15, -0.1) is 24.0 Å². The molecular formula is C21H31ClIN5. The summed E-state index contributed by atoms with van der Waals surface area (Å²) in [6.07, 6.45) is 6.98. The lowest BCUT2D eigenvalue weighted by molar-refractivity contribution is 0.188. The fourth-order valence-corrected chi connectivity index (χ4v) is 3.86. The molecule has 0 spiro atoms. The summed E-state index contributed by atoms with van der Waals surface area (Å²) in [5.41, 5.74) is 1.24. The van der Waals surface area contributed by atoms with Gasteiger partial charge in [-0.1, -0.05) is 44.5 Å². The van der Waals surface area contributed by atoms with Crippen molar-refractivity contribution in [1.29, 1.82) is 0 Å². The second kappa shape index (κ2) is 9.96. The summed E-state index contributed by atoms with van der Waals surface area (Å²) in [6.45, 7) is 9.57. The van der Waals surface area contributed by atoms with Crippen LogP contribution in [0, 0.1) is 5.92 Å². The Balaban J connectivity index is 0.00000280. The van der Waals surface area contributed by atoms with Crippen LogP contribution < -0.4 is 5.32 Å². The van der Waals surface area contributed by atoms with Gasteiger partial charge in [0.1, 0.15) is 0 Å². The van der Waals surface area contributed by atoms with E-state index in [0.29, 0.717) is 12.0 Å². The van der Waals surface area contributed by atoms with Crippen LogP contribution >= 0.6 is 35.6 Å². The maximum atomic E-state index is 6.03. The third-order valence-corrected chi connectivity index (χ3v) is 5.90. The lowest BCUT2D eigenvalue weighted by atomic mass is 9.84. The van der Waals surface area contributed by atoms with Gasteiger partial charge in [0.2, 0.25) is 0 Å². The highest BCUT2D eigenvalue weighted by Gasteiger charge is 2.30. The highest BCUT2D eigenvalue weighted by Crippen LogP contribution is 2.28. The van der Waals surface area contributed by atoms with Crippen molar-refractivity contribution < 1.29 is 0 Å². The Morgan fingerprint density at radius 1 is 1.32 bits per heavy atom. The number of halogens is 2. The first-order valence-electron chi connectivity index (χ1n) is 9.60. The second-order valence-corrected chi connectivity index (χ2v) is 8.52. The van der Waals surface area contributed by atoms with Crippen molar-refractivity contribution in [3.05, 3.63) is 53.6 Å². The van der Waals surface area contributed by atoms with Gasteiger partial charge >= 0.3 is 0 Å². The molecule has 154 valence electrons. The number of likely N-dealkylation sites (tertiary alicyclic amines) is 1. The van der Waals surface area contributed by atoms with Gasteiger partial charge in [-0.3, -0.25) is 4.99 Å². The highest BCUT2D eigenvalue weighted by atomic mass is 127. The molecule has 1 fully saturated rings. The molecule has 5 nitrogen and oxygen atoms in total. The van der Waals surface area contributed by atoms with E-state index in [2.05, 4.69) is 63.9 Å². The lowest BCUT2D eigenvalue weighted by Crippen LogP contribution is -2.51. The molecule has 0 amide bonds. The molecule has 1 saturated heterocycles. The first-order valence-corrected chi connectivity index (χ1v) is 9.97. The smallest absolute Gasteiger partial charge is 0.193 e. The summed E-state index contributed by atoms with van der Waals surface area (Å²) in [4.78, 5) is 11.1. The van der Waals surface area contributed by atoms with Gasteiger partial charge in [0.25, 0.3) is 0 Å². The van der Waals surface area contributed by atoms with Crippen LogP contribution in [-0.2, 0) is 5.41 Å². The fourth-order valence-electron chi connectivity index (χ4n) is 3.73. The molecule has 0 bridgehead atoms. The van der Waals surface area contributed by atoms with Crippen molar-refractivity contribution in [2.75, 3.05) is 26.7 Å². The molecule has 2 heterocycles. The zero-order chi connectivity index (χ0) is 19.4. The molecule has 0 aliphatic carbocycles. The molecule has 3 rings (SSSR count). The molecule has 2 unspecified atom stereocenters. The zero-order valence-corrected chi connectivity index (χ0v) is 20.2. The topological polar surface area (TPSA) is 45.5 Å². The van der Waals surface area contributed by atoms with Gasteiger partial charge < -0.3 is 14.8 Å². The van der Waals surface area contributed by atoms with Gasteiger partial charge in [0, 0.05) is 49.5 Å². The highest BCUT2D eigenvalue weighted by molar-refractivity contribution is 14.0. The van der Waals surface area contributed by atoms with Crippen LogP contribution in [0.5, 0.6) is 0 Å². The van der Waals surface area contributed by atoms with E-state index in [4.69, 9.17) is 11.6 Å². The lowest BCUT2D eigenvalue weighted by Gasteiger charge is -2.40. The van der Waals surface area contributed by atoms with Crippen molar-refractivity contribution >= 4 is 41.5 Å². The number of nitrogens with zero attached hydrogens (tertiary/aromatic N) is 4. The van der Waals surface area contributed by atoms with E-state index in [1.165, 1.54) is 5.56 Å². The van der Waals surface area contributed by atoms with E-state index < -0.39 is 0 Å². The molecule has 7 heteroatoms. The number of aromatic nitrogens is 2. The first kappa shape index (κ1) is 23.0. The van der Waals surface area contributed by atoms with E-state index in [0.717, 1.165) is 37.0 Å². The van der Waals surface area contributed by atoms with Crippen LogP contribution in [0.25, 0.3) is 0 Å². The van der Waals surface area contributed by atoms with Crippen LogP contribution in [0.4, 0.5) is 0 Å². The van der Waals surface area contributed by atoms with Gasteiger partial charge in [-0.25, -0.2) is 4.98 Å². The third-order valence-electron chi connectivity index (χ3n) is 5.65. The number of hydrogen-bond acceptors (Lipinski definition) is 2. The van der Waals surface area contributed by atoms with Crippen LogP contribution in [0.15, 0.2) is 48.0 Å². The number of piperidine rings is 1. The summed E-state index contributed by atoms with van der Waals surface area (Å²) < 4.78 is 2.22. The third kappa shape index (κ3) is 5.41. The molecule has 1 N–H and O–H groups in total. The Morgan fingerprint density at radius 2 is 2.04 bits per heavy atom. The molecule has 0 radical (unpaired) electrons. The Hall–Kier alpha value is -1.28. The van der Waals surface area contributed by atoms with Crippen molar-refractivity contribution in [3.8, 4) is 0 Å². The monoisotopic (exact) mass is 515 g/mol. The minimum atomic E-state index is -0.0205. The molecule has 28 heavy (non-hydrogen) atoms. The summed E-state index contributed by atoms with van der Waals surface area (Å²) in [7, 11) is 1.86. The first-order chi connectivity index (χ1) is 12.9. The van der Waals surface area contributed by atoms with Crippen LogP contribution in [0.1, 0.15) is 38.8 Å². The summed E-state index contributed by atoms with van der Waals surface area (Å²) >= 11 is 6.03. The maximum Gasteiger partial charge on any atom is 0.193 e. The number of rotatable bonds is 4. The second-order valence-electron chi connectivity index (χ2n) is 8.08. The molecule has 1 aromatic carbocycles. The molecule has 2 atom stereocenters. The quantitative estimate of drug-likeness (QED) is 0.368. The summed E-state index contributed by atoms with van der Waals surface area (Å²) in [6, 6.07) is 8.53. The number of guanidine groups is 1. The molecule has 1 aliphatic rings. The minimum absolute atomic E-state index is 0. The number of benzene rings is 1. The zero-order valence-electron chi connectivity index (χ0n) is 17.1. The van der Waals surface area contributed by atoms with Gasteiger partial charge in [-0.2, -0.15) is 0 Å². The Kier molecular flexibility index (Phi) is 8.18. The van der Waals surface area contributed by atoms with Gasteiger partial charge in [0.05, 0.1) is 12.4 Å². The SMILES string of the molecule is CN=C(NCC(C)(C)c1ccc(Cl)cc1)N1CCC(C)C(n2ccnc2)C1.I. The molecular weight excluding hydrogens is 485 g/mol. The normalized spacial score (nSPS) is 20.6. The largest absolute Gasteiger partial charge is 0.355 e. The Bertz CT molecular complexity index is 758. The molecule has 2 aromatic rings. The predicted molar refractivity (Wildman–Crippen MR) is 128 cm³/mol. The molecule has 1 aliphatic heterocycles. The van der Waals surface area contributed by atoms with E-state index >= 15 is 0 Å². The van der Waals surface area contributed by atoms with E-state index in [1.54, 1.807) is 0 Å². The van der Waals surface area contributed by atoms with Crippen molar-refractivity contribution in [3.63, 3.8) is 0 Å². The van der Waals surface area contributed by atoms with Crippen molar-refractivity contribution in [1.82, 2.24) is 19.8 Å².